The molecule has 1 aliphatic rings. The molecule has 1 aromatic heterocycles. The van der Waals surface area contributed by atoms with Crippen LogP contribution in [-0.2, 0) is 4.74 Å². The zero-order valence-electron chi connectivity index (χ0n) is 18.5. The quantitative estimate of drug-likeness (QED) is 0.430. The standard InChI is InChI=1S/C23H34N6O/c1-5-30-16(2)25-14-18(13-24)17-6-11-22-21(12-17)23(27-15-26-22)28-19-7-9-20(10-8-19)29(3)4/h6,11-16,19-20,24-25H,5,7-10H2,1-4H3,(H,26,27,28)/b18-14+,24-13?/t16?,19-,20-. The van der Waals surface area contributed by atoms with E-state index in [4.69, 9.17) is 10.1 Å². The van der Waals surface area contributed by atoms with Crippen LogP contribution in [0.15, 0.2) is 30.7 Å². The van der Waals surface area contributed by atoms with Crippen LogP contribution in [0, 0.1) is 5.41 Å². The average Bonchev–Trinajstić information content (AvgIpc) is 2.75. The third-order valence-corrected chi connectivity index (χ3v) is 5.78. The van der Waals surface area contributed by atoms with Crippen LogP contribution >= 0.6 is 0 Å². The summed E-state index contributed by atoms with van der Waals surface area (Å²) in [6.07, 6.45) is 9.36. The molecule has 30 heavy (non-hydrogen) atoms. The van der Waals surface area contributed by atoms with Gasteiger partial charge in [0.05, 0.1) is 5.52 Å². The highest BCUT2D eigenvalue weighted by Gasteiger charge is 2.23. The van der Waals surface area contributed by atoms with Gasteiger partial charge >= 0.3 is 0 Å². The minimum absolute atomic E-state index is 0.108. The Morgan fingerprint density at radius 3 is 2.70 bits per heavy atom. The molecule has 0 radical (unpaired) electrons. The highest BCUT2D eigenvalue weighted by molar-refractivity contribution is 6.09. The maximum Gasteiger partial charge on any atom is 0.137 e. The summed E-state index contributed by atoms with van der Waals surface area (Å²) in [6.45, 7) is 4.55. The van der Waals surface area contributed by atoms with E-state index in [1.165, 1.54) is 19.1 Å². The van der Waals surface area contributed by atoms with E-state index in [2.05, 4.69) is 45.7 Å². The van der Waals surface area contributed by atoms with Gasteiger partial charge in [-0.1, -0.05) is 6.07 Å². The molecule has 162 valence electrons. The van der Waals surface area contributed by atoms with Crippen molar-refractivity contribution in [2.45, 2.75) is 57.8 Å². The van der Waals surface area contributed by atoms with E-state index in [9.17, 15) is 0 Å². The van der Waals surface area contributed by atoms with Crippen LogP contribution in [0.3, 0.4) is 0 Å². The Morgan fingerprint density at radius 2 is 2.03 bits per heavy atom. The number of allylic oxidation sites excluding steroid dienone is 1. The molecule has 1 unspecified atom stereocenters. The lowest BCUT2D eigenvalue weighted by Gasteiger charge is -2.33. The Morgan fingerprint density at radius 1 is 1.27 bits per heavy atom. The van der Waals surface area contributed by atoms with Gasteiger partial charge < -0.3 is 25.7 Å². The third-order valence-electron chi connectivity index (χ3n) is 5.78. The first-order chi connectivity index (χ1) is 14.5. The lowest BCUT2D eigenvalue weighted by molar-refractivity contribution is 0.0622. The van der Waals surface area contributed by atoms with Gasteiger partial charge in [-0.25, -0.2) is 9.97 Å². The van der Waals surface area contributed by atoms with Crippen LogP contribution in [0.25, 0.3) is 16.5 Å². The highest BCUT2D eigenvalue weighted by Crippen LogP contribution is 2.28. The van der Waals surface area contributed by atoms with E-state index >= 15 is 0 Å². The molecular weight excluding hydrogens is 376 g/mol. The van der Waals surface area contributed by atoms with Crippen LogP contribution in [0.1, 0.15) is 45.1 Å². The predicted molar refractivity (Wildman–Crippen MR) is 124 cm³/mol. The topological polar surface area (TPSA) is 86.2 Å². The third kappa shape index (κ3) is 5.55. The van der Waals surface area contributed by atoms with Crippen molar-refractivity contribution < 1.29 is 4.74 Å². The Labute approximate surface area is 179 Å². The summed E-state index contributed by atoms with van der Waals surface area (Å²) >= 11 is 0. The van der Waals surface area contributed by atoms with Crippen molar-refractivity contribution in [3.63, 3.8) is 0 Å². The molecule has 1 atom stereocenters. The Hall–Kier alpha value is -2.51. The molecule has 1 fully saturated rings. The van der Waals surface area contributed by atoms with Gasteiger partial charge in [0.15, 0.2) is 0 Å². The number of aromatic nitrogens is 2. The lowest BCUT2D eigenvalue weighted by atomic mass is 9.90. The molecule has 0 bridgehead atoms. The first-order valence-electron chi connectivity index (χ1n) is 10.8. The predicted octanol–water partition coefficient (Wildman–Crippen LogP) is 3.88. The number of ether oxygens (including phenoxy) is 1. The minimum Gasteiger partial charge on any atom is -0.367 e. The second-order valence-electron chi connectivity index (χ2n) is 8.08. The number of nitrogens with one attached hydrogen (secondary N) is 3. The fourth-order valence-corrected chi connectivity index (χ4v) is 3.99. The van der Waals surface area contributed by atoms with Crippen molar-refractivity contribution in [3.8, 4) is 0 Å². The van der Waals surface area contributed by atoms with E-state index in [-0.39, 0.29) is 6.23 Å². The first-order valence-corrected chi connectivity index (χ1v) is 10.8. The highest BCUT2D eigenvalue weighted by atomic mass is 16.5. The molecule has 0 saturated heterocycles. The van der Waals surface area contributed by atoms with Crippen LogP contribution in [-0.4, -0.2) is 60.1 Å². The van der Waals surface area contributed by atoms with Crippen molar-refractivity contribution in [3.05, 3.63) is 36.3 Å². The molecule has 2 aromatic rings. The van der Waals surface area contributed by atoms with Crippen molar-refractivity contribution in [1.29, 1.82) is 5.41 Å². The van der Waals surface area contributed by atoms with Crippen LogP contribution in [0.4, 0.5) is 5.82 Å². The second kappa shape index (κ2) is 10.5. The number of hydrogen-bond acceptors (Lipinski definition) is 7. The molecule has 1 saturated carbocycles. The largest absolute Gasteiger partial charge is 0.367 e. The zero-order chi connectivity index (χ0) is 21.5. The molecule has 0 aliphatic heterocycles. The number of hydrogen-bond donors (Lipinski definition) is 3. The van der Waals surface area contributed by atoms with Crippen LogP contribution < -0.4 is 10.6 Å². The molecule has 7 nitrogen and oxygen atoms in total. The summed E-state index contributed by atoms with van der Waals surface area (Å²) in [7, 11) is 4.33. The van der Waals surface area contributed by atoms with Crippen molar-refractivity contribution in [1.82, 2.24) is 20.2 Å². The first kappa shape index (κ1) is 22.2. The Balaban J connectivity index is 1.80. The molecule has 0 spiro atoms. The Bertz CT molecular complexity index is 873. The number of fused-ring (bicyclic) bond motifs is 1. The average molecular weight is 411 g/mol. The van der Waals surface area contributed by atoms with Gasteiger partial charge in [0, 0.05) is 42.1 Å². The summed E-state index contributed by atoms with van der Waals surface area (Å²) in [6, 6.07) is 7.14. The maximum atomic E-state index is 7.84. The molecule has 1 heterocycles. The molecule has 0 amide bonds. The summed E-state index contributed by atoms with van der Waals surface area (Å²) in [5.41, 5.74) is 2.63. The maximum absolute atomic E-state index is 7.84. The van der Waals surface area contributed by atoms with E-state index in [1.807, 2.05) is 32.2 Å². The SMILES string of the molecule is CCOC(C)N/C=C(\C=N)c1ccc2ncnc(N[C@H]3CC[C@H](N(C)C)CC3)c2c1. The summed E-state index contributed by atoms with van der Waals surface area (Å²) in [5, 5.41) is 15.7. The summed E-state index contributed by atoms with van der Waals surface area (Å²) in [4.78, 5) is 11.3. The van der Waals surface area contributed by atoms with E-state index in [1.54, 1.807) is 6.33 Å². The van der Waals surface area contributed by atoms with Gasteiger partial charge in [0.25, 0.3) is 0 Å². The van der Waals surface area contributed by atoms with E-state index in [0.29, 0.717) is 18.7 Å². The van der Waals surface area contributed by atoms with Crippen molar-refractivity contribution >= 4 is 28.5 Å². The van der Waals surface area contributed by atoms with Crippen LogP contribution in [0.5, 0.6) is 0 Å². The molecule has 1 aliphatic carbocycles. The van der Waals surface area contributed by atoms with E-state index in [0.717, 1.165) is 40.7 Å². The van der Waals surface area contributed by atoms with Gasteiger partial charge in [-0.3, -0.25) is 0 Å². The normalized spacial score (nSPS) is 20.9. The van der Waals surface area contributed by atoms with Gasteiger partial charge in [0.2, 0.25) is 0 Å². The molecule has 1 aromatic carbocycles. The second-order valence-corrected chi connectivity index (χ2v) is 8.08. The Kier molecular flexibility index (Phi) is 7.76. The fourth-order valence-electron chi connectivity index (χ4n) is 3.99. The van der Waals surface area contributed by atoms with Gasteiger partial charge in [-0.15, -0.1) is 0 Å². The van der Waals surface area contributed by atoms with Crippen LogP contribution in [0.2, 0.25) is 0 Å². The van der Waals surface area contributed by atoms with Gasteiger partial charge in [-0.2, -0.15) is 0 Å². The molecular formula is C23H34N6O. The minimum atomic E-state index is -0.108. The smallest absolute Gasteiger partial charge is 0.137 e. The number of nitrogens with zero attached hydrogens (tertiary/aromatic N) is 3. The molecule has 7 heteroatoms. The summed E-state index contributed by atoms with van der Waals surface area (Å²) < 4.78 is 5.50. The number of anilines is 1. The zero-order valence-corrected chi connectivity index (χ0v) is 18.5. The molecule has 3 N–H and O–H groups in total. The van der Waals surface area contributed by atoms with E-state index < -0.39 is 0 Å². The monoisotopic (exact) mass is 410 g/mol. The number of rotatable bonds is 9. The van der Waals surface area contributed by atoms with Gasteiger partial charge in [-0.05, 0) is 71.3 Å². The molecule has 3 rings (SSSR count). The van der Waals surface area contributed by atoms with Crippen molar-refractivity contribution in [2.24, 2.45) is 0 Å². The van der Waals surface area contributed by atoms with Crippen molar-refractivity contribution in [2.75, 3.05) is 26.0 Å². The lowest BCUT2D eigenvalue weighted by Crippen LogP contribution is -2.36. The fraction of sp³-hybridized carbons (Fsp3) is 0.522. The van der Waals surface area contributed by atoms with Gasteiger partial charge in [0.1, 0.15) is 18.4 Å². The number of benzene rings is 1. The summed E-state index contributed by atoms with van der Waals surface area (Å²) in [5.74, 6) is 0.870.